The Morgan fingerprint density at radius 1 is 1.47 bits per heavy atom. The number of hydrogen-bond acceptors (Lipinski definition) is 3. The first-order valence-electron chi connectivity index (χ1n) is 6.69. The molecule has 0 heterocycles. The van der Waals surface area contributed by atoms with Crippen molar-refractivity contribution < 1.29 is 9.53 Å². The van der Waals surface area contributed by atoms with Gasteiger partial charge in [-0.05, 0) is 45.1 Å². The minimum atomic E-state index is 0.259. The van der Waals surface area contributed by atoms with Crippen molar-refractivity contribution >= 4 is 5.91 Å². The number of ether oxygens (including phenoxy) is 1. The summed E-state index contributed by atoms with van der Waals surface area (Å²) in [5.74, 6) is 0.972. The van der Waals surface area contributed by atoms with E-state index in [1.54, 1.807) is 7.11 Å². The highest BCUT2D eigenvalue weighted by Gasteiger charge is 2.33. The molecule has 1 fully saturated rings. The molecule has 0 aromatic carbocycles. The van der Waals surface area contributed by atoms with Crippen molar-refractivity contribution in [1.29, 1.82) is 0 Å². The number of nitrogens with two attached hydrogens (primary N) is 1. The van der Waals surface area contributed by atoms with E-state index in [4.69, 9.17) is 10.5 Å². The third kappa shape index (κ3) is 5.04. The molecule has 0 aromatic heterocycles. The normalized spacial score (nSPS) is 16.9. The average molecular weight is 242 g/mol. The Hall–Kier alpha value is -0.610. The van der Waals surface area contributed by atoms with Gasteiger partial charge in [0.1, 0.15) is 0 Å². The summed E-state index contributed by atoms with van der Waals surface area (Å²) >= 11 is 0. The first-order valence-corrected chi connectivity index (χ1v) is 6.69. The van der Waals surface area contributed by atoms with Crippen LogP contribution in [0, 0.1) is 5.92 Å². The SMILES string of the molecule is COCCN(C(=O)CCCCN)C(C)C1CC1. The molecule has 1 aliphatic carbocycles. The number of nitrogens with zero attached hydrogens (tertiary/aromatic N) is 1. The molecule has 0 aliphatic heterocycles. The van der Waals surface area contributed by atoms with Gasteiger partial charge in [0.05, 0.1) is 6.61 Å². The van der Waals surface area contributed by atoms with Crippen LogP contribution in [-0.2, 0) is 9.53 Å². The first kappa shape index (κ1) is 14.5. The van der Waals surface area contributed by atoms with Crippen LogP contribution < -0.4 is 5.73 Å². The third-order valence-corrected chi connectivity index (χ3v) is 3.50. The molecule has 1 rings (SSSR count). The lowest BCUT2D eigenvalue weighted by Crippen LogP contribution is -2.41. The average Bonchev–Trinajstić information content (AvgIpc) is 3.13. The van der Waals surface area contributed by atoms with Crippen LogP contribution >= 0.6 is 0 Å². The molecule has 100 valence electrons. The number of carbonyl (C=O) groups excluding carboxylic acids is 1. The molecule has 0 saturated heterocycles. The minimum absolute atomic E-state index is 0.259. The number of methoxy groups -OCH3 is 1. The molecule has 4 nitrogen and oxygen atoms in total. The Balaban J connectivity index is 2.39. The molecule has 0 radical (unpaired) electrons. The van der Waals surface area contributed by atoms with Gasteiger partial charge in [-0.3, -0.25) is 4.79 Å². The van der Waals surface area contributed by atoms with E-state index in [1.807, 2.05) is 4.90 Å². The second-order valence-electron chi connectivity index (χ2n) is 4.90. The summed E-state index contributed by atoms with van der Waals surface area (Å²) in [7, 11) is 1.68. The Labute approximate surface area is 104 Å². The van der Waals surface area contributed by atoms with Gasteiger partial charge in [-0.2, -0.15) is 0 Å². The van der Waals surface area contributed by atoms with Crippen LogP contribution in [0.15, 0.2) is 0 Å². The first-order chi connectivity index (χ1) is 8.20. The molecular weight excluding hydrogens is 216 g/mol. The lowest BCUT2D eigenvalue weighted by atomic mass is 10.1. The van der Waals surface area contributed by atoms with Crippen molar-refractivity contribution in [3.05, 3.63) is 0 Å². The van der Waals surface area contributed by atoms with Crippen molar-refractivity contribution in [2.24, 2.45) is 11.7 Å². The molecule has 1 amide bonds. The fourth-order valence-corrected chi connectivity index (χ4v) is 2.14. The Morgan fingerprint density at radius 3 is 2.71 bits per heavy atom. The predicted molar refractivity (Wildman–Crippen MR) is 68.7 cm³/mol. The Morgan fingerprint density at radius 2 is 2.18 bits per heavy atom. The quantitative estimate of drug-likeness (QED) is 0.622. The van der Waals surface area contributed by atoms with E-state index in [9.17, 15) is 4.79 Å². The lowest BCUT2D eigenvalue weighted by molar-refractivity contribution is -0.134. The van der Waals surface area contributed by atoms with E-state index in [-0.39, 0.29) is 5.91 Å². The van der Waals surface area contributed by atoms with Gasteiger partial charge in [0.2, 0.25) is 5.91 Å². The summed E-state index contributed by atoms with van der Waals surface area (Å²) in [5, 5.41) is 0. The zero-order valence-corrected chi connectivity index (χ0v) is 11.2. The van der Waals surface area contributed by atoms with Crippen LogP contribution in [0.2, 0.25) is 0 Å². The van der Waals surface area contributed by atoms with Gasteiger partial charge >= 0.3 is 0 Å². The van der Waals surface area contributed by atoms with Crippen LogP contribution in [0.25, 0.3) is 0 Å². The Kier molecular flexibility index (Phi) is 6.52. The fourth-order valence-electron chi connectivity index (χ4n) is 2.14. The van der Waals surface area contributed by atoms with Crippen LogP contribution in [0.3, 0.4) is 0 Å². The van der Waals surface area contributed by atoms with Crippen molar-refractivity contribution in [1.82, 2.24) is 4.90 Å². The molecule has 1 atom stereocenters. The van der Waals surface area contributed by atoms with Gasteiger partial charge in [-0.25, -0.2) is 0 Å². The highest BCUT2D eigenvalue weighted by molar-refractivity contribution is 5.76. The van der Waals surface area contributed by atoms with Crippen LogP contribution in [-0.4, -0.2) is 43.7 Å². The van der Waals surface area contributed by atoms with Crippen LogP contribution in [0.1, 0.15) is 39.0 Å². The predicted octanol–water partition coefficient (Wildman–Crippen LogP) is 1.39. The van der Waals surface area contributed by atoms with E-state index in [0.29, 0.717) is 31.5 Å². The molecule has 2 N–H and O–H groups in total. The smallest absolute Gasteiger partial charge is 0.222 e. The molecule has 17 heavy (non-hydrogen) atoms. The van der Waals surface area contributed by atoms with E-state index in [1.165, 1.54) is 12.8 Å². The number of hydrogen-bond donors (Lipinski definition) is 1. The van der Waals surface area contributed by atoms with Gasteiger partial charge in [-0.1, -0.05) is 0 Å². The maximum Gasteiger partial charge on any atom is 0.222 e. The molecule has 0 spiro atoms. The number of unbranched alkanes of at least 4 members (excludes halogenated alkanes) is 1. The Bertz CT molecular complexity index is 229. The molecule has 4 heteroatoms. The highest BCUT2D eigenvalue weighted by Crippen LogP contribution is 2.35. The van der Waals surface area contributed by atoms with Gasteiger partial charge in [0.25, 0.3) is 0 Å². The van der Waals surface area contributed by atoms with Crippen molar-refractivity contribution in [2.75, 3.05) is 26.8 Å². The second kappa shape index (κ2) is 7.67. The summed E-state index contributed by atoms with van der Waals surface area (Å²) in [4.78, 5) is 14.1. The van der Waals surface area contributed by atoms with Crippen molar-refractivity contribution in [3.63, 3.8) is 0 Å². The number of carbonyl (C=O) groups is 1. The lowest BCUT2D eigenvalue weighted by Gasteiger charge is -2.29. The summed E-state index contributed by atoms with van der Waals surface area (Å²) in [5.41, 5.74) is 5.44. The number of amides is 1. The second-order valence-corrected chi connectivity index (χ2v) is 4.90. The van der Waals surface area contributed by atoms with Crippen LogP contribution in [0.5, 0.6) is 0 Å². The van der Waals surface area contributed by atoms with Crippen LogP contribution in [0.4, 0.5) is 0 Å². The van der Waals surface area contributed by atoms with E-state index >= 15 is 0 Å². The third-order valence-electron chi connectivity index (χ3n) is 3.50. The zero-order chi connectivity index (χ0) is 12.7. The number of rotatable bonds is 9. The molecule has 1 aliphatic rings. The van der Waals surface area contributed by atoms with E-state index in [2.05, 4.69) is 6.92 Å². The monoisotopic (exact) mass is 242 g/mol. The zero-order valence-electron chi connectivity index (χ0n) is 11.2. The topological polar surface area (TPSA) is 55.6 Å². The summed E-state index contributed by atoms with van der Waals surface area (Å²) in [6.07, 6.45) is 4.98. The van der Waals surface area contributed by atoms with Gasteiger partial charge in [-0.15, -0.1) is 0 Å². The van der Waals surface area contributed by atoms with E-state index in [0.717, 1.165) is 19.4 Å². The summed E-state index contributed by atoms with van der Waals surface area (Å²) in [6, 6.07) is 0.371. The molecular formula is C13H26N2O2. The fraction of sp³-hybridized carbons (Fsp3) is 0.923. The molecule has 1 unspecified atom stereocenters. The van der Waals surface area contributed by atoms with Gasteiger partial charge in [0, 0.05) is 26.1 Å². The standard InChI is InChI=1S/C13H26N2O2/c1-11(12-6-7-12)15(9-10-17-2)13(16)5-3-4-8-14/h11-12H,3-10,14H2,1-2H3. The summed E-state index contributed by atoms with van der Waals surface area (Å²) < 4.78 is 5.08. The maximum absolute atomic E-state index is 12.1. The minimum Gasteiger partial charge on any atom is -0.383 e. The highest BCUT2D eigenvalue weighted by atomic mass is 16.5. The molecule has 0 aromatic rings. The van der Waals surface area contributed by atoms with E-state index < -0.39 is 0 Å². The van der Waals surface area contributed by atoms with Gasteiger partial charge < -0.3 is 15.4 Å². The van der Waals surface area contributed by atoms with Crippen molar-refractivity contribution in [3.8, 4) is 0 Å². The molecule has 1 saturated carbocycles. The molecule has 0 bridgehead atoms. The summed E-state index contributed by atoms with van der Waals surface area (Å²) in [6.45, 7) is 4.17. The van der Waals surface area contributed by atoms with Gasteiger partial charge in [0.15, 0.2) is 0 Å². The largest absolute Gasteiger partial charge is 0.383 e. The maximum atomic E-state index is 12.1. The van der Waals surface area contributed by atoms with Crippen molar-refractivity contribution in [2.45, 2.75) is 45.1 Å².